The second kappa shape index (κ2) is 5.44. The number of aromatic amines is 1. The fraction of sp³-hybridized carbons (Fsp3) is 0.462. The Morgan fingerprint density at radius 3 is 2.68 bits per heavy atom. The zero-order valence-electron chi connectivity index (χ0n) is 11.5. The quantitative estimate of drug-likeness (QED) is 0.841. The van der Waals surface area contributed by atoms with Crippen molar-refractivity contribution in [2.24, 2.45) is 13.0 Å². The molecule has 0 unspecified atom stereocenters. The molecule has 0 aliphatic rings. The number of hydrogen-bond donors (Lipinski definition) is 1. The highest BCUT2D eigenvalue weighted by Crippen LogP contribution is 2.19. The molecule has 0 aliphatic carbocycles. The number of rotatable bonds is 3. The molecule has 0 radical (unpaired) electrons. The summed E-state index contributed by atoms with van der Waals surface area (Å²) in [5, 5.41) is 4.28. The van der Waals surface area contributed by atoms with E-state index in [1.807, 2.05) is 20.2 Å². The summed E-state index contributed by atoms with van der Waals surface area (Å²) in [5.74, 6) is 1.07. The van der Waals surface area contributed by atoms with Crippen molar-refractivity contribution >= 4 is 22.6 Å². The predicted molar refractivity (Wildman–Crippen MR) is 83.1 cm³/mol. The van der Waals surface area contributed by atoms with E-state index in [1.165, 1.54) is 0 Å². The lowest BCUT2D eigenvalue weighted by molar-refractivity contribution is 0.631. The number of hydrogen-bond acceptors (Lipinski definition) is 3. The van der Waals surface area contributed by atoms with Gasteiger partial charge in [0.25, 0.3) is 5.56 Å². The molecule has 0 spiro atoms. The van der Waals surface area contributed by atoms with Crippen LogP contribution in [0.5, 0.6) is 0 Å². The van der Waals surface area contributed by atoms with Crippen LogP contribution >= 0.6 is 22.6 Å². The van der Waals surface area contributed by atoms with Crippen LogP contribution in [0.15, 0.2) is 11.0 Å². The van der Waals surface area contributed by atoms with Gasteiger partial charge in [0.1, 0.15) is 5.82 Å². The highest BCUT2D eigenvalue weighted by molar-refractivity contribution is 14.1. The number of nitrogens with one attached hydrogen (secondary N) is 1. The maximum absolute atomic E-state index is 12.0. The molecule has 0 aliphatic heterocycles. The van der Waals surface area contributed by atoms with Gasteiger partial charge in [0.05, 0.1) is 20.5 Å². The Hall–Kier alpha value is -1.18. The van der Waals surface area contributed by atoms with Crippen LogP contribution in [-0.2, 0) is 13.5 Å². The number of halogens is 1. The standard InChI is InChI=1S/C13H17IN4O/c1-7(2)5-10-11(14)13(19)16-12(15-10)9-6-18(4)17-8(9)3/h6-7H,5H2,1-4H3,(H,15,16,19). The predicted octanol–water partition coefficient (Wildman–Crippen LogP) is 2.28. The van der Waals surface area contributed by atoms with Crippen LogP contribution in [0.4, 0.5) is 0 Å². The molecule has 0 fully saturated rings. The molecule has 2 rings (SSSR count). The van der Waals surface area contributed by atoms with Crippen LogP contribution < -0.4 is 5.56 Å². The molecule has 1 N–H and O–H groups in total. The maximum Gasteiger partial charge on any atom is 0.264 e. The van der Waals surface area contributed by atoms with Crippen molar-refractivity contribution in [1.29, 1.82) is 0 Å². The summed E-state index contributed by atoms with van der Waals surface area (Å²) >= 11 is 2.06. The SMILES string of the molecule is Cc1nn(C)cc1-c1nc(CC(C)C)c(I)c(=O)[nH]1. The van der Waals surface area contributed by atoms with Crippen LogP contribution in [0.3, 0.4) is 0 Å². The summed E-state index contributed by atoms with van der Waals surface area (Å²) in [6, 6.07) is 0. The van der Waals surface area contributed by atoms with Crippen molar-refractivity contribution in [1.82, 2.24) is 19.7 Å². The largest absolute Gasteiger partial charge is 0.305 e. The summed E-state index contributed by atoms with van der Waals surface area (Å²) in [5.41, 5.74) is 2.52. The average molecular weight is 372 g/mol. The molecule has 0 amide bonds. The summed E-state index contributed by atoms with van der Waals surface area (Å²) in [6.07, 6.45) is 2.67. The number of aromatic nitrogens is 4. The van der Waals surface area contributed by atoms with Gasteiger partial charge < -0.3 is 4.98 Å². The third kappa shape index (κ3) is 3.05. The van der Waals surface area contributed by atoms with Gasteiger partial charge in [-0.05, 0) is 41.9 Å². The van der Waals surface area contributed by atoms with E-state index in [0.29, 0.717) is 15.3 Å². The van der Waals surface area contributed by atoms with E-state index in [-0.39, 0.29) is 5.56 Å². The number of nitrogens with zero attached hydrogens (tertiary/aromatic N) is 3. The molecular weight excluding hydrogens is 355 g/mol. The highest BCUT2D eigenvalue weighted by Gasteiger charge is 2.14. The van der Waals surface area contributed by atoms with Crippen LogP contribution in [0, 0.1) is 16.4 Å². The second-order valence-corrected chi connectivity index (χ2v) is 6.15. The molecule has 6 heteroatoms. The molecule has 102 valence electrons. The molecular formula is C13H17IN4O. The zero-order chi connectivity index (χ0) is 14.2. The molecule has 0 aromatic carbocycles. The van der Waals surface area contributed by atoms with Gasteiger partial charge in [0.2, 0.25) is 0 Å². The zero-order valence-corrected chi connectivity index (χ0v) is 13.6. The van der Waals surface area contributed by atoms with Gasteiger partial charge >= 0.3 is 0 Å². The van der Waals surface area contributed by atoms with Gasteiger partial charge in [0, 0.05) is 13.2 Å². The number of H-pyrrole nitrogens is 1. The average Bonchev–Trinajstić information content (AvgIpc) is 2.63. The molecule has 0 saturated heterocycles. The van der Waals surface area contributed by atoms with Gasteiger partial charge in [-0.15, -0.1) is 0 Å². The summed E-state index contributed by atoms with van der Waals surface area (Å²) in [4.78, 5) is 19.4. The molecule has 19 heavy (non-hydrogen) atoms. The van der Waals surface area contributed by atoms with Crippen molar-refractivity contribution in [2.75, 3.05) is 0 Å². The lowest BCUT2D eigenvalue weighted by Gasteiger charge is -2.08. The first-order chi connectivity index (χ1) is 8.88. The fourth-order valence-electron chi connectivity index (χ4n) is 1.99. The summed E-state index contributed by atoms with van der Waals surface area (Å²) in [7, 11) is 1.86. The normalized spacial score (nSPS) is 11.3. The summed E-state index contributed by atoms with van der Waals surface area (Å²) < 4.78 is 2.40. The highest BCUT2D eigenvalue weighted by atomic mass is 127. The van der Waals surface area contributed by atoms with E-state index in [2.05, 4.69) is 51.5 Å². The Bertz CT molecular complexity index is 657. The monoisotopic (exact) mass is 372 g/mol. The molecule has 0 saturated carbocycles. The first-order valence-corrected chi connectivity index (χ1v) is 7.25. The minimum absolute atomic E-state index is 0.0792. The van der Waals surface area contributed by atoms with Crippen molar-refractivity contribution < 1.29 is 0 Å². The first kappa shape index (κ1) is 14.2. The van der Waals surface area contributed by atoms with E-state index in [0.717, 1.165) is 23.4 Å². The Labute approximate surface area is 125 Å². The van der Waals surface area contributed by atoms with Crippen molar-refractivity contribution in [3.05, 3.63) is 31.5 Å². The topological polar surface area (TPSA) is 63.6 Å². The van der Waals surface area contributed by atoms with Crippen molar-refractivity contribution in [3.8, 4) is 11.4 Å². The molecule has 0 bridgehead atoms. The van der Waals surface area contributed by atoms with E-state index < -0.39 is 0 Å². The second-order valence-electron chi connectivity index (χ2n) is 5.08. The van der Waals surface area contributed by atoms with Gasteiger partial charge in [-0.1, -0.05) is 13.8 Å². The van der Waals surface area contributed by atoms with Gasteiger partial charge in [-0.3, -0.25) is 9.48 Å². The van der Waals surface area contributed by atoms with Crippen molar-refractivity contribution in [2.45, 2.75) is 27.2 Å². The van der Waals surface area contributed by atoms with Crippen LogP contribution in [-0.4, -0.2) is 19.7 Å². The first-order valence-electron chi connectivity index (χ1n) is 6.17. The maximum atomic E-state index is 12.0. The van der Waals surface area contributed by atoms with E-state index in [4.69, 9.17) is 0 Å². The molecule has 2 aromatic rings. The molecule has 2 heterocycles. The minimum atomic E-state index is -0.0792. The van der Waals surface area contributed by atoms with Crippen LogP contribution in [0.1, 0.15) is 25.2 Å². The Morgan fingerprint density at radius 2 is 2.16 bits per heavy atom. The third-order valence-corrected chi connectivity index (χ3v) is 3.91. The molecule has 0 atom stereocenters. The van der Waals surface area contributed by atoms with Gasteiger partial charge in [0.15, 0.2) is 0 Å². The minimum Gasteiger partial charge on any atom is -0.305 e. The van der Waals surface area contributed by atoms with E-state index in [9.17, 15) is 4.79 Å². The third-order valence-electron chi connectivity index (χ3n) is 2.80. The number of aryl methyl sites for hydroxylation is 2. The van der Waals surface area contributed by atoms with Crippen LogP contribution in [0.25, 0.3) is 11.4 Å². The van der Waals surface area contributed by atoms with Crippen LogP contribution in [0.2, 0.25) is 0 Å². The summed E-state index contributed by atoms with van der Waals surface area (Å²) in [6.45, 7) is 6.15. The Balaban J connectivity index is 2.56. The Morgan fingerprint density at radius 1 is 1.47 bits per heavy atom. The smallest absolute Gasteiger partial charge is 0.264 e. The van der Waals surface area contributed by atoms with E-state index >= 15 is 0 Å². The lowest BCUT2D eigenvalue weighted by Crippen LogP contribution is -2.17. The van der Waals surface area contributed by atoms with Gasteiger partial charge in [-0.2, -0.15) is 5.10 Å². The van der Waals surface area contributed by atoms with Gasteiger partial charge in [-0.25, -0.2) is 4.98 Å². The fourth-order valence-corrected chi connectivity index (χ4v) is 2.46. The van der Waals surface area contributed by atoms with Crippen molar-refractivity contribution in [3.63, 3.8) is 0 Å². The Kier molecular flexibility index (Phi) is 4.07. The lowest BCUT2D eigenvalue weighted by atomic mass is 10.1. The van der Waals surface area contributed by atoms with E-state index in [1.54, 1.807) is 4.68 Å². The molecule has 2 aromatic heterocycles. The molecule has 5 nitrogen and oxygen atoms in total.